The van der Waals surface area contributed by atoms with Crippen LogP contribution in [0.5, 0.6) is 5.75 Å². The van der Waals surface area contributed by atoms with Gasteiger partial charge < -0.3 is 15.0 Å². The van der Waals surface area contributed by atoms with Crippen LogP contribution >= 0.6 is 11.3 Å². The number of hydrogen-bond donors (Lipinski definition) is 2. The van der Waals surface area contributed by atoms with Crippen LogP contribution in [-0.2, 0) is 13.5 Å². The number of phenols is 1. The molecule has 0 amide bonds. The van der Waals surface area contributed by atoms with Crippen molar-refractivity contribution in [3.05, 3.63) is 47.1 Å². The van der Waals surface area contributed by atoms with E-state index >= 15 is 0 Å². The second-order valence-electron chi connectivity index (χ2n) is 5.35. The largest absolute Gasteiger partial charge is 0.508 e. The van der Waals surface area contributed by atoms with E-state index in [0.717, 1.165) is 39.8 Å². The van der Waals surface area contributed by atoms with Gasteiger partial charge in [0.05, 0.1) is 5.69 Å². The number of nitrogens with one attached hydrogen (secondary N) is 1. The molecule has 22 heavy (non-hydrogen) atoms. The van der Waals surface area contributed by atoms with Crippen molar-refractivity contribution < 1.29 is 5.11 Å². The second-order valence-corrected chi connectivity index (χ2v) is 6.21. The Morgan fingerprint density at radius 3 is 2.77 bits per heavy atom. The van der Waals surface area contributed by atoms with Crippen molar-refractivity contribution in [2.24, 2.45) is 7.05 Å². The first kappa shape index (κ1) is 14.7. The Morgan fingerprint density at radius 2 is 2.09 bits per heavy atom. The van der Waals surface area contributed by atoms with Gasteiger partial charge >= 0.3 is 0 Å². The fraction of sp³-hybridized carbons (Fsp3) is 0.235. The van der Waals surface area contributed by atoms with Crippen molar-refractivity contribution in [3.63, 3.8) is 0 Å². The van der Waals surface area contributed by atoms with E-state index in [1.807, 2.05) is 36.9 Å². The van der Waals surface area contributed by atoms with Gasteiger partial charge in [-0.25, -0.2) is 4.98 Å². The molecule has 0 spiro atoms. The van der Waals surface area contributed by atoms with Crippen molar-refractivity contribution in [1.29, 1.82) is 0 Å². The number of nitrogens with zero attached hydrogens (tertiary/aromatic N) is 2. The van der Waals surface area contributed by atoms with Gasteiger partial charge in [-0.15, -0.1) is 11.3 Å². The summed E-state index contributed by atoms with van der Waals surface area (Å²) < 4.78 is 2.03. The van der Waals surface area contributed by atoms with Gasteiger partial charge in [-0.05, 0) is 36.6 Å². The maximum absolute atomic E-state index is 9.87. The number of benzene rings is 1. The average molecular weight is 313 g/mol. The zero-order valence-corrected chi connectivity index (χ0v) is 13.7. The summed E-state index contributed by atoms with van der Waals surface area (Å²) in [7, 11) is 1.99. The third-order valence-corrected chi connectivity index (χ3v) is 4.50. The van der Waals surface area contributed by atoms with Gasteiger partial charge in [-0.1, -0.05) is 19.1 Å². The van der Waals surface area contributed by atoms with E-state index in [1.165, 1.54) is 0 Å². The van der Waals surface area contributed by atoms with Crippen LogP contribution in [0.15, 0.2) is 35.8 Å². The Hall–Kier alpha value is -2.27. The summed E-state index contributed by atoms with van der Waals surface area (Å²) in [5.41, 5.74) is 4.05. The molecule has 0 unspecified atom stereocenters. The number of aromatic nitrogens is 2. The van der Waals surface area contributed by atoms with Crippen LogP contribution in [0.2, 0.25) is 0 Å². The van der Waals surface area contributed by atoms with Crippen molar-refractivity contribution in [2.75, 3.05) is 5.32 Å². The van der Waals surface area contributed by atoms with E-state index < -0.39 is 0 Å². The molecule has 0 bridgehead atoms. The summed E-state index contributed by atoms with van der Waals surface area (Å²) in [6, 6.07) is 7.82. The highest BCUT2D eigenvalue weighted by atomic mass is 32.1. The van der Waals surface area contributed by atoms with Gasteiger partial charge in [0.1, 0.15) is 11.6 Å². The Morgan fingerprint density at radius 1 is 1.27 bits per heavy atom. The van der Waals surface area contributed by atoms with Crippen LogP contribution in [0.1, 0.15) is 18.2 Å². The molecule has 4 nitrogen and oxygen atoms in total. The molecule has 0 radical (unpaired) electrons. The summed E-state index contributed by atoms with van der Waals surface area (Å²) in [5.74, 6) is 1.30. The van der Waals surface area contributed by atoms with Crippen molar-refractivity contribution in [3.8, 4) is 16.9 Å². The highest BCUT2D eigenvalue weighted by Crippen LogP contribution is 2.30. The van der Waals surface area contributed by atoms with Crippen LogP contribution in [0.25, 0.3) is 11.1 Å². The van der Waals surface area contributed by atoms with Gasteiger partial charge in [0.2, 0.25) is 0 Å². The quantitative estimate of drug-likeness (QED) is 0.747. The lowest BCUT2D eigenvalue weighted by Crippen LogP contribution is -1.96. The molecule has 0 atom stereocenters. The Bertz CT molecular complexity index is 804. The Balaban J connectivity index is 1.88. The predicted molar refractivity (Wildman–Crippen MR) is 92.0 cm³/mol. The van der Waals surface area contributed by atoms with Crippen LogP contribution in [0.4, 0.5) is 10.9 Å². The number of aromatic hydroxyl groups is 1. The first-order chi connectivity index (χ1) is 10.6. The zero-order chi connectivity index (χ0) is 15.7. The molecule has 0 aliphatic rings. The molecule has 1 aromatic carbocycles. The molecule has 114 valence electrons. The highest BCUT2D eigenvalue weighted by Gasteiger charge is 2.09. The van der Waals surface area contributed by atoms with E-state index in [4.69, 9.17) is 0 Å². The monoisotopic (exact) mass is 313 g/mol. The predicted octanol–water partition coefficient (Wildman–Crippen LogP) is 4.47. The van der Waals surface area contributed by atoms with E-state index in [2.05, 4.69) is 28.7 Å². The molecule has 0 aliphatic carbocycles. The van der Waals surface area contributed by atoms with Crippen LogP contribution in [-0.4, -0.2) is 14.7 Å². The molecular formula is C17H19N3OS. The lowest BCUT2D eigenvalue weighted by Gasteiger charge is -2.02. The smallest absolute Gasteiger partial charge is 0.188 e. The number of phenolic OH excluding ortho intramolecular Hbond substituents is 1. The molecule has 0 saturated heterocycles. The molecule has 0 saturated carbocycles. The average Bonchev–Trinajstić information content (AvgIpc) is 3.10. The summed E-state index contributed by atoms with van der Waals surface area (Å²) in [6.07, 6.45) is 2.99. The van der Waals surface area contributed by atoms with E-state index in [1.54, 1.807) is 17.4 Å². The van der Waals surface area contributed by atoms with Crippen molar-refractivity contribution in [1.82, 2.24) is 9.55 Å². The Kier molecular flexibility index (Phi) is 3.90. The fourth-order valence-corrected chi connectivity index (χ4v) is 3.07. The van der Waals surface area contributed by atoms with Crippen LogP contribution in [0.3, 0.4) is 0 Å². The number of thiazole rings is 1. The van der Waals surface area contributed by atoms with Gasteiger partial charge in [0.25, 0.3) is 0 Å². The summed E-state index contributed by atoms with van der Waals surface area (Å²) in [5, 5.41) is 16.2. The summed E-state index contributed by atoms with van der Waals surface area (Å²) in [6.45, 7) is 3.99. The molecule has 3 aromatic rings. The maximum atomic E-state index is 9.87. The van der Waals surface area contributed by atoms with Gasteiger partial charge in [0, 0.05) is 24.2 Å². The zero-order valence-electron chi connectivity index (χ0n) is 12.9. The second kappa shape index (κ2) is 5.85. The van der Waals surface area contributed by atoms with E-state index in [9.17, 15) is 5.11 Å². The third kappa shape index (κ3) is 2.85. The highest BCUT2D eigenvalue weighted by molar-refractivity contribution is 7.13. The number of hydrogen-bond acceptors (Lipinski definition) is 4. The number of rotatable bonds is 4. The van der Waals surface area contributed by atoms with E-state index in [0.29, 0.717) is 5.75 Å². The molecule has 5 heteroatoms. The van der Waals surface area contributed by atoms with Crippen molar-refractivity contribution >= 4 is 22.3 Å². The molecule has 0 fully saturated rings. The topological polar surface area (TPSA) is 50.1 Å². The lowest BCUT2D eigenvalue weighted by molar-refractivity contribution is 0.471. The van der Waals surface area contributed by atoms with Crippen LogP contribution < -0.4 is 5.32 Å². The molecule has 2 N–H and O–H groups in total. The summed E-state index contributed by atoms with van der Waals surface area (Å²) in [4.78, 5) is 4.53. The molecule has 2 heterocycles. The minimum atomic E-state index is 0.323. The fourth-order valence-electron chi connectivity index (χ4n) is 2.27. The first-order valence-electron chi connectivity index (χ1n) is 7.24. The molecule has 2 aromatic heterocycles. The number of anilines is 2. The van der Waals surface area contributed by atoms with Crippen molar-refractivity contribution in [2.45, 2.75) is 20.3 Å². The maximum Gasteiger partial charge on any atom is 0.188 e. The SMILES string of the molecule is CCc1csc(Nc2cc(-c3ccc(C)c(O)c3)cn2C)n1. The normalized spacial score (nSPS) is 10.9. The minimum Gasteiger partial charge on any atom is -0.508 e. The summed E-state index contributed by atoms with van der Waals surface area (Å²) >= 11 is 1.61. The molecule has 3 rings (SSSR count). The van der Waals surface area contributed by atoms with Gasteiger partial charge in [0.15, 0.2) is 5.13 Å². The number of aryl methyl sites for hydroxylation is 3. The molecular weight excluding hydrogens is 294 g/mol. The first-order valence-corrected chi connectivity index (χ1v) is 8.12. The third-order valence-electron chi connectivity index (χ3n) is 3.70. The van der Waals surface area contributed by atoms with E-state index in [-0.39, 0.29) is 0 Å². The minimum absolute atomic E-state index is 0.323. The lowest BCUT2D eigenvalue weighted by atomic mass is 10.1. The van der Waals surface area contributed by atoms with Gasteiger partial charge in [-0.3, -0.25) is 0 Å². The Labute approximate surface area is 134 Å². The van der Waals surface area contributed by atoms with Gasteiger partial charge in [-0.2, -0.15) is 0 Å². The standard InChI is InChI=1S/C17H19N3OS/c1-4-14-10-22-17(18-14)19-16-8-13(9-20(16)3)12-6-5-11(2)15(21)7-12/h5-10,21H,4H2,1-3H3,(H,18,19). The molecule has 0 aliphatic heterocycles. The van der Waals surface area contributed by atoms with Crippen LogP contribution in [0, 0.1) is 6.92 Å².